The summed E-state index contributed by atoms with van der Waals surface area (Å²) in [6, 6.07) is 5.70. The van der Waals surface area contributed by atoms with E-state index in [1.807, 2.05) is 26.0 Å². The predicted molar refractivity (Wildman–Crippen MR) is 60.9 cm³/mol. The molecule has 0 saturated carbocycles. The van der Waals surface area contributed by atoms with Gasteiger partial charge in [-0.05, 0) is 36.5 Å². The molecule has 0 aliphatic rings. The molecule has 15 heavy (non-hydrogen) atoms. The smallest absolute Gasteiger partial charge is 0.338 e. The van der Waals surface area contributed by atoms with E-state index in [2.05, 4.69) is 6.92 Å². The first-order valence-electron chi connectivity index (χ1n) is 5.15. The molecule has 0 N–H and O–H groups in total. The van der Waals surface area contributed by atoms with Crippen LogP contribution in [0.1, 0.15) is 41.3 Å². The molecular formula is C13H17O2. The van der Waals surface area contributed by atoms with Crippen LogP contribution >= 0.6 is 0 Å². The summed E-state index contributed by atoms with van der Waals surface area (Å²) in [7, 11) is 1.40. The van der Waals surface area contributed by atoms with Crippen LogP contribution < -0.4 is 0 Å². The first kappa shape index (κ1) is 11.8. The van der Waals surface area contributed by atoms with Crippen molar-refractivity contribution >= 4 is 5.97 Å². The molecule has 0 aliphatic carbocycles. The summed E-state index contributed by atoms with van der Waals surface area (Å²) in [5.74, 6) is -0.0843. The van der Waals surface area contributed by atoms with Gasteiger partial charge in [0.05, 0.1) is 12.7 Å². The summed E-state index contributed by atoms with van der Waals surface area (Å²) < 4.78 is 4.75. The minimum Gasteiger partial charge on any atom is -0.465 e. The Labute approximate surface area is 91.3 Å². The maximum absolute atomic E-state index is 11.5. The SMILES string of the molecule is [CH2]C(C)c1cccc(C(=O)OC)c1CC. The maximum atomic E-state index is 11.5. The summed E-state index contributed by atoms with van der Waals surface area (Å²) in [6.07, 6.45) is 0.820. The largest absolute Gasteiger partial charge is 0.465 e. The third-order valence-electron chi connectivity index (χ3n) is 2.50. The van der Waals surface area contributed by atoms with Crippen molar-refractivity contribution in [2.45, 2.75) is 26.2 Å². The number of hydrogen-bond donors (Lipinski definition) is 0. The van der Waals surface area contributed by atoms with Crippen LogP contribution in [-0.2, 0) is 11.2 Å². The second kappa shape index (κ2) is 4.96. The molecule has 0 bridgehead atoms. The monoisotopic (exact) mass is 205 g/mol. The van der Waals surface area contributed by atoms with E-state index in [1.54, 1.807) is 6.07 Å². The molecule has 1 aromatic carbocycles. The van der Waals surface area contributed by atoms with Gasteiger partial charge in [-0.15, -0.1) is 0 Å². The lowest BCUT2D eigenvalue weighted by Gasteiger charge is -2.14. The molecule has 0 amide bonds. The molecule has 1 unspecified atom stereocenters. The van der Waals surface area contributed by atoms with Gasteiger partial charge in [0.15, 0.2) is 0 Å². The normalized spacial score (nSPS) is 10.5. The lowest BCUT2D eigenvalue weighted by Crippen LogP contribution is -2.08. The van der Waals surface area contributed by atoms with Crippen molar-refractivity contribution in [3.8, 4) is 0 Å². The van der Waals surface area contributed by atoms with Crippen LogP contribution in [-0.4, -0.2) is 13.1 Å². The number of benzene rings is 1. The highest BCUT2D eigenvalue weighted by Crippen LogP contribution is 2.23. The summed E-state index contributed by atoms with van der Waals surface area (Å²) in [6.45, 7) is 8.05. The Morgan fingerprint density at radius 3 is 2.67 bits per heavy atom. The summed E-state index contributed by atoms with van der Waals surface area (Å²) in [5.41, 5.74) is 2.83. The molecule has 2 nitrogen and oxygen atoms in total. The Bertz CT molecular complexity index is 354. The standard InChI is InChI=1S/C13H17O2/c1-5-10-11(9(2)3)7-6-8-12(10)13(14)15-4/h6-9H,2,5H2,1,3-4H3. The van der Waals surface area contributed by atoms with E-state index in [1.165, 1.54) is 7.11 Å². The Morgan fingerprint density at radius 2 is 2.20 bits per heavy atom. The van der Waals surface area contributed by atoms with Crippen LogP contribution in [0.25, 0.3) is 0 Å². The van der Waals surface area contributed by atoms with Crippen molar-refractivity contribution in [1.29, 1.82) is 0 Å². The number of esters is 1. The first-order chi connectivity index (χ1) is 7.11. The van der Waals surface area contributed by atoms with Gasteiger partial charge in [-0.2, -0.15) is 0 Å². The van der Waals surface area contributed by atoms with E-state index in [-0.39, 0.29) is 11.9 Å². The summed E-state index contributed by atoms with van der Waals surface area (Å²) in [4.78, 5) is 11.5. The Balaban J connectivity index is 3.28. The van der Waals surface area contributed by atoms with E-state index in [9.17, 15) is 4.79 Å². The molecule has 1 aromatic rings. The fourth-order valence-corrected chi connectivity index (χ4v) is 1.76. The fourth-order valence-electron chi connectivity index (χ4n) is 1.76. The molecule has 0 spiro atoms. The fraction of sp³-hybridized carbons (Fsp3) is 0.385. The van der Waals surface area contributed by atoms with Crippen molar-refractivity contribution in [3.05, 3.63) is 41.8 Å². The highest BCUT2D eigenvalue weighted by molar-refractivity contribution is 5.91. The van der Waals surface area contributed by atoms with Crippen molar-refractivity contribution in [2.24, 2.45) is 0 Å². The highest BCUT2D eigenvalue weighted by atomic mass is 16.5. The zero-order valence-electron chi connectivity index (χ0n) is 9.54. The zero-order chi connectivity index (χ0) is 11.4. The number of carbonyl (C=O) groups is 1. The molecule has 1 rings (SSSR count). The lowest BCUT2D eigenvalue weighted by molar-refractivity contribution is 0.0599. The van der Waals surface area contributed by atoms with E-state index in [4.69, 9.17) is 4.74 Å². The van der Waals surface area contributed by atoms with Crippen LogP contribution in [0, 0.1) is 6.92 Å². The predicted octanol–water partition coefficient (Wildman–Crippen LogP) is 2.97. The van der Waals surface area contributed by atoms with E-state index in [0.29, 0.717) is 5.56 Å². The van der Waals surface area contributed by atoms with Gasteiger partial charge in [0.25, 0.3) is 0 Å². The average Bonchev–Trinajstić information content (AvgIpc) is 2.26. The van der Waals surface area contributed by atoms with E-state index >= 15 is 0 Å². The van der Waals surface area contributed by atoms with Crippen LogP contribution in [0.3, 0.4) is 0 Å². The molecular weight excluding hydrogens is 188 g/mol. The summed E-state index contributed by atoms with van der Waals surface area (Å²) >= 11 is 0. The third-order valence-corrected chi connectivity index (χ3v) is 2.50. The van der Waals surface area contributed by atoms with E-state index < -0.39 is 0 Å². The maximum Gasteiger partial charge on any atom is 0.338 e. The molecule has 1 radical (unpaired) electrons. The van der Waals surface area contributed by atoms with Gasteiger partial charge in [0.2, 0.25) is 0 Å². The molecule has 0 aromatic heterocycles. The third kappa shape index (κ3) is 2.38. The van der Waals surface area contributed by atoms with Crippen molar-refractivity contribution in [3.63, 3.8) is 0 Å². The molecule has 1 atom stereocenters. The van der Waals surface area contributed by atoms with Crippen LogP contribution in [0.4, 0.5) is 0 Å². The number of methoxy groups -OCH3 is 1. The molecule has 0 saturated heterocycles. The number of rotatable bonds is 3. The second-order valence-corrected chi connectivity index (χ2v) is 3.62. The Hall–Kier alpha value is -1.31. The van der Waals surface area contributed by atoms with Gasteiger partial charge < -0.3 is 4.74 Å². The van der Waals surface area contributed by atoms with Crippen LogP contribution in [0.2, 0.25) is 0 Å². The molecule has 0 aliphatic heterocycles. The minimum atomic E-state index is -0.269. The van der Waals surface area contributed by atoms with Gasteiger partial charge in [-0.25, -0.2) is 4.79 Å². The zero-order valence-corrected chi connectivity index (χ0v) is 9.54. The number of ether oxygens (including phenoxy) is 1. The summed E-state index contributed by atoms with van der Waals surface area (Å²) in [5, 5.41) is 0. The molecule has 81 valence electrons. The molecule has 0 heterocycles. The van der Waals surface area contributed by atoms with Crippen molar-refractivity contribution in [1.82, 2.24) is 0 Å². The number of hydrogen-bond acceptors (Lipinski definition) is 2. The van der Waals surface area contributed by atoms with Gasteiger partial charge >= 0.3 is 5.97 Å². The van der Waals surface area contributed by atoms with Gasteiger partial charge in [0, 0.05) is 0 Å². The first-order valence-corrected chi connectivity index (χ1v) is 5.15. The van der Waals surface area contributed by atoms with Gasteiger partial charge in [-0.3, -0.25) is 0 Å². The highest BCUT2D eigenvalue weighted by Gasteiger charge is 2.14. The van der Waals surface area contributed by atoms with Gasteiger partial charge in [0.1, 0.15) is 0 Å². The second-order valence-electron chi connectivity index (χ2n) is 3.62. The van der Waals surface area contributed by atoms with E-state index in [0.717, 1.165) is 17.5 Å². The van der Waals surface area contributed by atoms with Crippen LogP contribution in [0.5, 0.6) is 0 Å². The minimum absolute atomic E-state index is 0.185. The lowest BCUT2D eigenvalue weighted by atomic mass is 9.92. The van der Waals surface area contributed by atoms with Crippen molar-refractivity contribution in [2.75, 3.05) is 7.11 Å². The Kier molecular flexibility index (Phi) is 3.89. The quantitative estimate of drug-likeness (QED) is 0.709. The molecule has 0 fully saturated rings. The molecule has 2 heteroatoms. The topological polar surface area (TPSA) is 26.3 Å². The van der Waals surface area contributed by atoms with Crippen LogP contribution in [0.15, 0.2) is 18.2 Å². The number of carbonyl (C=O) groups excluding carboxylic acids is 1. The van der Waals surface area contributed by atoms with Crippen molar-refractivity contribution < 1.29 is 9.53 Å². The Morgan fingerprint density at radius 1 is 1.53 bits per heavy atom. The van der Waals surface area contributed by atoms with Gasteiger partial charge in [-0.1, -0.05) is 26.0 Å². The average molecular weight is 205 g/mol.